The van der Waals surface area contributed by atoms with E-state index in [-0.39, 0.29) is 11.4 Å². The number of nitrogens with one attached hydrogen (secondary N) is 1. The molecule has 1 saturated heterocycles. The molecule has 1 fully saturated rings. The summed E-state index contributed by atoms with van der Waals surface area (Å²) in [7, 11) is 1.86. The van der Waals surface area contributed by atoms with Crippen molar-refractivity contribution in [3.63, 3.8) is 0 Å². The van der Waals surface area contributed by atoms with Crippen LogP contribution in [0, 0.1) is 0 Å². The van der Waals surface area contributed by atoms with Gasteiger partial charge in [0.2, 0.25) is 5.91 Å². The molecule has 0 aliphatic carbocycles. The van der Waals surface area contributed by atoms with Gasteiger partial charge in [-0.1, -0.05) is 6.92 Å². The van der Waals surface area contributed by atoms with Crippen LogP contribution in [0.15, 0.2) is 0 Å². The Morgan fingerprint density at radius 2 is 2.36 bits per heavy atom. The molecule has 1 rings (SSSR count). The van der Waals surface area contributed by atoms with E-state index in [9.17, 15) is 4.79 Å². The molecule has 1 aliphatic heterocycles. The fraction of sp³-hybridized carbons (Fsp3) is 0.875. The van der Waals surface area contributed by atoms with E-state index in [4.69, 9.17) is 0 Å². The fourth-order valence-electron chi connectivity index (χ4n) is 1.37. The maximum Gasteiger partial charge on any atom is 0.242 e. The Bertz CT molecular complexity index is 169. The van der Waals surface area contributed by atoms with Crippen LogP contribution in [-0.2, 0) is 4.79 Å². The van der Waals surface area contributed by atoms with E-state index in [1.165, 1.54) is 0 Å². The monoisotopic (exact) mass is 156 g/mol. The standard InChI is InChI=1S/C8H16N2O/c1-4-8(2)7(11)10(3)6-5-9-8/h9H,4-6H2,1-3H3. The summed E-state index contributed by atoms with van der Waals surface area (Å²) >= 11 is 0. The first-order valence-electron chi connectivity index (χ1n) is 4.11. The molecular weight excluding hydrogens is 140 g/mol. The van der Waals surface area contributed by atoms with Crippen LogP contribution in [0.4, 0.5) is 0 Å². The largest absolute Gasteiger partial charge is 0.343 e. The molecule has 3 heteroatoms. The van der Waals surface area contributed by atoms with Crippen LogP contribution in [0.5, 0.6) is 0 Å². The molecule has 0 bridgehead atoms. The van der Waals surface area contributed by atoms with Crippen molar-refractivity contribution < 1.29 is 4.79 Å². The molecule has 1 aliphatic rings. The van der Waals surface area contributed by atoms with Crippen LogP contribution in [0.2, 0.25) is 0 Å². The molecule has 0 aromatic carbocycles. The molecular formula is C8H16N2O. The van der Waals surface area contributed by atoms with Gasteiger partial charge in [-0.3, -0.25) is 4.79 Å². The van der Waals surface area contributed by atoms with E-state index >= 15 is 0 Å². The van der Waals surface area contributed by atoms with Crippen molar-refractivity contribution in [1.29, 1.82) is 0 Å². The maximum atomic E-state index is 11.5. The lowest BCUT2D eigenvalue weighted by atomic mass is 9.95. The topological polar surface area (TPSA) is 32.3 Å². The molecule has 1 unspecified atom stereocenters. The average molecular weight is 156 g/mol. The highest BCUT2D eigenvalue weighted by molar-refractivity contribution is 5.86. The van der Waals surface area contributed by atoms with Gasteiger partial charge in [-0.25, -0.2) is 0 Å². The first-order chi connectivity index (χ1) is 5.10. The number of hydrogen-bond acceptors (Lipinski definition) is 2. The third kappa shape index (κ3) is 1.38. The van der Waals surface area contributed by atoms with Crippen molar-refractivity contribution >= 4 is 5.91 Å². The van der Waals surface area contributed by atoms with Crippen LogP contribution in [0.25, 0.3) is 0 Å². The second-order valence-corrected chi connectivity index (χ2v) is 3.34. The van der Waals surface area contributed by atoms with E-state index in [0.717, 1.165) is 19.5 Å². The Hall–Kier alpha value is -0.570. The second kappa shape index (κ2) is 2.81. The minimum absolute atomic E-state index is 0.214. The van der Waals surface area contributed by atoms with Crippen LogP contribution in [-0.4, -0.2) is 36.5 Å². The van der Waals surface area contributed by atoms with Crippen molar-refractivity contribution in [3.8, 4) is 0 Å². The highest BCUT2D eigenvalue weighted by atomic mass is 16.2. The number of amides is 1. The van der Waals surface area contributed by atoms with Gasteiger partial charge in [0.25, 0.3) is 0 Å². The van der Waals surface area contributed by atoms with Gasteiger partial charge in [0.15, 0.2) is 0 Å². The van der Waals surface area contributed by atoms with Gasteiger partial charge in [-0.15, -0.1) is 0 Å². The summed E-state index contributed by atoms with van der Waals surface area (Å²) in [6.45, 7) is 5.73. The quantitative estimate of drug-likeness (QED) is 0.589. The van der Waals surface area contributed by atoms with Crippen LogP contribution < -0.4 is 5.32 Å². The van der Waals surface area contributed by atoms with E-state index in [1.807, 2.05) is 20.9 Å². The van der Waals surface area contributed by atoms with Crippen molar-refractivity contribution in [2.24, 2.45) is 0 Å². The SMILES string of the molecule is CCC1(C)NCCN(C)C1=O. The Kier molecular flexibility index (Phi) is 2.18. The Balaban J connectivity index is 2.72. The van der Waals surface area contributed by atoms with Crippen LogP contribution in [0.1, 0.15) is 20.3 Å². The lowest BCUT2D eigenvalue weighted by molar-refractivity contribution is -0.139. The van der Waals surface area contributed by atoms with Crippen molar-refractivity contribution in [2.45, 2.75) is 25.8 Å². The Morgan fingerprint density at radius 1 is 1.73 bits per heavy atom. The lowest BCUT2D eigenvalue weighted by Gasteiger charge is -2.37. The summed E-state index contributed by atoms with van der Waals surface area (Å²) in [6, 6.07) is 0. The predicted molar refractivity (Wildman–Crippen MR) is 44.3 cm³/mol. The summed E-state index contributed by atoms with van der Waals surface area (Å²) in [5.74, 6) is 0.214. The number of hydrogen-bond donors (Lipinski definition) is 1. The van der Waals surface area contributed by atoms with Crippen molar-refractivity contribution in [2.75, 3.05) is 20.1 Å². The van der Waals surface area contributed by atoms with E-state index in [2.05, 4.69) is 5.32 Å². The predicted octanol–water partition coefficient (Wildman–Crippen LogP) is 0.217. The first kappa shape index (κ1) is 8.53. The molecule has 1 heterocycles. The molecule has 0 radical (unpaired) electrons. The van der Waals surface area contributed by atoms with Gasteiger partial charge >= 0.3 is 0 Å². The zero-order chi connectivity index (χ0) is 8.48. The zero-order valence-corrected chi connectivity index (χ0v) is 7.48. The number of nitrogens with zero attached hydrogens (tertiary/aromatic N) is 1. The fourth-order valence-corrected chi connectivity index (χ4v) is 1.37. The third-order valence-corrected chi connectivity index (χ3v) is 2.49. The number of rotatable bonds is 1. The molecule has 0 aromatic heterocycles. The highest BCUT2D eigenvalue weighted by Crippen LogP contribution is 2.15. The molecule has 0 aromatic rings. The average Bonchev–Trinajstić information content (AvgIpc) is 2.00. The molecule has 0 saturated carbocycles. The minimum atomic E-state index is -0.312. The van der Waals surface area contributed by atoms with Gasteiger partial charge in [0.1, 0.15) is 0 Å². The first-order valence-corrected chi connectivity index (χ1v) is 4.11. The Morgan fingerprint density at radius 3 is 2.82 bits per heavy atom. The summed E-state index contributed by atoms with van der Waals surface area (Å²) in [5.41, 5.74) is -0.312. The highest BCUT2D eigenvalue weighted by Gasteiger charge is 2.35. The number of carbonyl (C=O) groups is 1. The van der Waals surface area contributed by atoms with Crippen molar-refractivity contribution in [3.05, 3.63) is 0 Å². The van der Waals surface area contributed by atoms with E-state index < -0.39 is 0 Å². The minimum Gasteiger partial charge on any atom is -0.343 e. The molecule has 1 N–H and O–H groups in total. The molecule has 64 valence electrons. The van der Waals surface area contributed by atoms with Gasteiger partial charge < -0.3 is 10.2 Å². The number of carbonyl (C=O) groups excluding carboxylic acids is 1. The zero-order valence-electron chi connectivity index (χ0n) is 7.48. The summed E-state index contributed by atoms with van der Waals surface area (Å²) < 4.78 is 0. The number of piperazine rings is 1. The van der Waals surface area contributed by atoms with Crippen molar-refractivity contribution in [1.82, 2.24) is 10.2 Å². The molecule has 3 nitrogen and oxygen atoms in total. The third-order valence-electron chi connectivity index (χ3n) is 2.49. The Labute approximate surface area is 67.8 Å². The molecule has 11 heavy (non-hydrogen) atoms. The smallest absolute Gasteiger partial charge is 0.242 e. The van der Waals surface area contributed by atoms with Gasteiger partial charge in [0.05, 0.1) is 5.54 Å². The summed E-state index contributed by atoms with van der Waals surface area (Å²) in [6.07, 6.45) is 0.857. The molecule has 0 spiro atoms. The van der Waals surface area contributed by atoms with Crippen LogP contribution >= 0.6 is 0 Å². The summed E-state index contributed by atoms with van der Waals surface area (Å²) in [4.78, 5) is 13.3. The molecule has 1 atom stereocenters. The second-order valence-electron chi connectivity index (χ2n) is 3.34. The normalized spacial score (nSPS) is 32.6. The van der Waals surface area contributed by atoms with Gasteiger partial charge in [-0.05, 0) is 13.3 Å². The van der Waals surface area contributed by atoms with Crippen LogP contribution in [0.3, 0.4) is 0 Å². The van der Waals surface area contributed by atoms with E-state index in [1.54, 1.807) is 4.90 Å². The lowest BCUT2D eigenvalue weighted by Crippen LogP contribution is -2.61. The van der Waals surface area contributed by atoms with Gasteiger partial charge in [0, 0.05) is 20.1 Å². The molecule has 1 amide bonds. The van der Waals surface area contributed by atoms with Gasteiger partial charge in [-0.2, -0.15) is 0 Å². The maximum absolute atomic E-state index is 11.5. The summed E-state index contributed by atoms with van der Waals surface area (Å²) in [5, 5.41) is 3.23. The van der Waals surface area contributed by atoms with E-state index in [0.29, 0.717) is 0 Å². The number of likely N-dealkylation sites (N-methyl/N-ethyl adjacent to an activating group) is 1.